The number of aryl methyl sites for hydroxylation is 2. The van der Waals surface area contributed by atoms with E-state index in [1.54, 1.807) is 22.9 Å². The number of hydrogen-bond donors (Lipinski definition) is 1. The zero-order chi connectivity index (χ0) is 21.3. The Kier molecular flexibility index (Phi) is 6.21. The minimum atomic E-state index is -0.284. The molecule has 0 bridgehead atoms. The second kappa shape index (κ2) is 8.49. The minimum Gasteiger partial charge on any atom is -0.323 e. The van der Waals surface area contributed by atoms with Gasteiger partial charge < -0.3 is 5.32 Å². The maximum atomic E-state index is 14.0. The van der Waals surface area contributed by atoms with Crippen molar-refractivity contribution in [1.82, 2.24) is 19.6 Å². The standard InChI is InChI=1S/C21H25BrFN5O/c1-12(10-27-15(4)19(22)13(2)25-27)21(29)24-20-14(3)26-28(16(20)5)11-17-8-6-7-9-18(17)23/h6-9,12H,10-11H2,1-5H3,(H,24,29). The third kappa shape index (κ3) is 4.42. The van der Waals surface area contributed by atoms with Gasteiger partial charge in [-0.15, -0.1) is 0 Å². The zero-order valence-electron chi connectivity index (χ0n) is 17.3. The molecule has 0 radical (unpaired) electrons. The van der Waals surface area contributed by atoms with E-state index in [0.717, 1.165) is 21.6 Å². The zero-order valence-corrected chi connectivity index (χ0v) is 18.8. The predicted octanol–water partition coefficient (Wildman–Crippen LogP) is 4.54. The van der Waals surface area contributed by atoms with Crippen molar-refractivity contribution in [2.75, 3.05) is 5.32 Å². The van der Waals surface area contributed by atoms with Crippen LogP contribution in [0.4, 0.5) is 10.1 Å². The number of anilines is 1. The first-order valence-electron chi connectivity index (χ1n) is 9.46. The highest BCUT2D eigenvalue weighted by Crippen LogP contribution is 2.23. The van der Waals surface area contributed by atoms with Gasteiger partial charge in [-0.25, -0.2) is 4.39 Å². The van der Waals surface area contributed by atoms with Crippen LogP contribution in [0.1, 0.15) is 35.3 Å². The van der Waals surface area contributed by atoms with Crippen LogP contribution >= 0.6 is 15.9 Å². The summed E-state index contributed by atoms with van der Waals surface area (Å²) < 4.78 is 18.5. The first-order chi connectivity index (χ1) is 13.7. The summed E-state index contributed by atoms with van der Waals surface area (Å²) in [5.74, 6) is -0.658. The molecule has 0 aliphatic heterocycles. The van der Waals surface area contributed by atoms with Crippen molar-refractivity contribution in [2.45, 2.75) is 47.7 Å². The first-order valence-corrected chi connectivity index (χ1v) is 10.3. The lowest BCUT2D eigenvalue weighted by atomic mass is 10.1. The van der Waals surface area contributed by atoms with Crippen LogP contribution in [0.15, 0.2) is 28.7 Å². The number of halogens is 2. The second-order valence-electron chi connectivity index (χ2n) is 7.35. The van der Waals surface area contributed by atoms with Gasteiger partial charge in [0.05, 0.1) is 46.2 Å². The Morgan fingerprint density at radius 2 is 1.76 bits per heavy atom. The molecule has 2 heterocycles. The predicted molar refractivity (Wildman–Crippen MR) is 114 cm³/mol. The second-order valence-corrected chi connectivity index (χ2v) is 8.15. The Balaban J connectivity index is 1.74. The van der Waals surface area contributed by atoms with Gasteiger partial charge in [0.25, 0.3) is 0 Å². The molecule has 29 heavy (non-hydrogen) atoms. The molecule has 0 aliphatic rings. The lowest BCUT2D eigenvalue weighted by Gasteiger charge is -2.14. The van der Waals surface area contributed by atoms with Gasteiger partial charge in [0.1, 0.15) is 5.82 Å². The Hall–Kier alpha value is -2.48. The molecular formula is C21H25BrFN5O. The van der Waals surface area contributed by atoms with Crippen molar-refractivity contribution in [3.63, 3.8) is 0 Å². The maximum absolute atomic E-state index is 14.0. The van der Waals surface area contributed by atoms with E-state index in [9.17, 15) is 9.18 Å². The van der Waals surface area contributed by atoms with Gasteiger partial charge in [-0.3, -0.25) is 14.2 Å². The van der Waals surface area contributed by atoms with Crippen LogP contribution in [0.5, 0.6) is 0 Å². The van der Waals surface area contributed by atoms with E-state index in [1.807, 2.05) is 39.3 Å². The molecule has 154 valence electrons. The Labute approximate surface area is 178 Å². The van der Waals surface area contributed by atoms with E-state index in [4.69, 9.17) is 0 Å². The summed E-state index contributed by atoms with van der Waals surface area (Å²) in [7, 11) is 0. The number of benzene rings is 1. The van der Waals surface area contributed by atoms with E-state index in [0.29, 0.717) is 30.0 Å². The average Bonchev–Trinajstić information content (AvgIpc) is 3.08. The summed E-state index contributed by atoms with van der Waals surface area (Å²) >= 11 is 3.51. The van der Waals surface area contributed by atoms with Gasteiger partial charge in [-0.1, -0.05) is 25.1 Å². The van der Waals surface area contributed by atoms with Crippen molar-refractivity contribution >= 4 is 27.5 Å². The number of hydrogen-bond acceptors (Lipinski definition) is 3. The first kappa shape index (κ1) is 21.2. The number of aromatic nitrogens is 4. The lowest BCUT2D eigenvalue weighted by Crippen LogP contribution is -2.25. The number of rotatable bonds is 6. The van der Waals surface area contributed by atoms with Gasteiger partial charge >= 0.3 is 0 Å². The molecule has 3 aromatic rings. The number of nitrogens with zero attached hydrogens (tertiary/aromatic N) is 4. The van der Waals surface area contributed by atoms with E-state index < -0.39 is 0 Å². The summed E-state index contributed by atoms with van der Waals surface area (Å²) in [5, 5.41) is 11.9. The molecule has 1 amide bonds. The fraction of sp³-hybridized carbons (Fsp3) is 0.381. The fourth-order valence-electron chi connectivity index (χ4n) is 3.26. The SMILES string of the molecule is Cc1nn(CC(C)C(=O)Nc2c(C)nn(Cc3ccccc3F)c2C)c(C)c1Br. The summed E-state index contributed by atoms with van der Waals surface area (Å²) in [4.78, 5) is 12.8. The highest BCUT2D eigenvalue weighted by Gasteiger charge is 2.21. The Morgan fingerprint density at radius 1 is 1.10 bits per heavy atom. The Bertz CT molecular complexity index is 1060. The molecule has 1 aromatic carbocycles. The van der Waals surface area contributed by atoms with E-state index in [1.165, 1.54) is 6.07 Å². The van der Waals surface area contributed by atoms with E-state index >= 15 is 0 Å². The van der Waals surface area contributed by atoms with Crippen LogP contribution in [-0.2, 0) is 17.9 Å². The normalized spacial score (nSPS) is 12.2. The highest BCUT2D eigenvalue weighted by atomic mass is 79.9. The van der Waals surface area contributed by atoms with Crippen molar-refractivity contribution in [2.24, 2.45) is 5.92 Å². The molecule has 3 rings (SSSR count). The number of carbonyl (C=O) groups excluding carboxylic acids is 1. The summed E-state index contributed by atoms with van der Waals surface area (Å²) in [6, 6.07) is 6.63. The quantitative estimate of drug-likeness (QED) is 0.585. The fourth-order valence-corrected chi connectivity index (χ4v) is 3.55. The number of nitrogens with one attached hydrogen (secondary N) is 1. The van der Waals surface area contributed by atoms with Gasteiger partial charge in [0, 0.05) is 11.3 Å². The molecule has 0 fully saturated rings. The summed E-state index contributed by atoms with van der Waals surface area (Å²) in [5.41, 5.74) is 4.61. The molecule has 0 spiro atoms. The van der Waals surface area contributed by atoms with Gasteiger partial charge in [-0.05, 0) is 49.7 Å². The lowest BCUT2D eigenvalue weighted by molar-refractivity contribution is -0.119. The summed E-state index contributed by atoms with van der Waals surface area (Å²) in [6.45, 7) is 10.3. The third-order valence-electron chi connectivity index (χ3n) is 5.10. The molecule has 1 atom stereocenters. The van der Waals surface area contributed by atoms with Crippen LogP contribution in [0.25, 0.3) is 0 Å². The van der Waals surface area contributed by atoms with Crippen molar-refractivity contribution in [1.29, 1.82) is 0 Å². The van der Waals surface area contributed by atoms with E-state index in [-0.39, 0.29) is 17.6 Å². The van der Waals surface area contributed by atoms with Crippen LogP contribution in [0.3, 0.4) is 0 Å². The Morgan fingerprint density at radius 3 is 2.38 bits per heavy atom. The molecule has 1 unspecified atom stereocenters. The number of amides is 1. The molecule has 6 nitrogen and oxygen atoms in total. The maximum Gasteiger partial charge on any atom is 0.229 e. The molecule has 0 saturated heterocycles. The highest BCUT2D eigenvalue weighted by molar-refractivity contribution is 9.10. The van der Waals surface area contributed by atoms with E-state index in [2.05, 4.69) is 31.4 Å². The molecule has 8 heteroatoms. The molecule has 2 aromatic heterocycles. The van der Waals surface area contributed by atoms with Gasteiger partial charge in [-0.2, -0.15) is 10.2 Å². The minimum absolute atomic E-state index is 0.106. The third-order valence-corrected chi connectivity index (χ3v) is 6.24. The molecule has 1 N–H and O–H groups in total. The van der Waals surface area contributed by atoms with Crippen LogP contribution in [0, 0.1) is 39.4 Å². The van der Waals surface area contributed by atoms with Gasteiger partial charge in [0.15, 0.2) is 0 Å². The average molecular weight is 462 g/mol. The number of carbonyl (C=O) groups is 1. The van der Waals surface area contributed by atoms with Gasteiger partial charge in [0.2, 0.25) is 5.91 Å². The largest absolute Gasteiger partial charge is 0.323 e. The molecular weight excluding hydrogens is 437 g/mol. The van der Waals surface area contributed by atoms with Crippen molar-refractivity contribution in [3.8, 4) is 0 Å². The topological polar surface area (TPSA) is 64.7 Å². The van der Waals surface area contributed by atoms with Crippen LogP contribution in [-0.4, -0.2) is 25.5 Å². The smallest absolute Gasteiger partial charge is 0.229 e. The molecule has 0 aliphatic carbocycles. The van der Waals surface area contributed by atoms with Crippen LogP contribution in [0.2, 0.25) is 0 Å². The van der Waals surface area contributed by atoms with Crippen LogP contribution < -0.4 is 5.32 Å². The van der Waals surface area contributed by atoms with Crippen molar-refractivity contribution < 1.29 is 9.18 Å². The monoisotopic (exact) mass is 461 g/mol. The summed E-state index contributed by atoms with van der Waals surface area (Å²) in [6.07, 6.45) is 0. The van der Waals surface area contributed by atoms with Crippen molar-refractivity contribution in [3.05, 3.63) is 62.9 Å². The molecule has 0 saturated carbocycles.